The van der Waals surface area contributed by atoms with Gasteiger partial charge in [0.05, 0.1) is 5.56 Å². The van der Waals surface area contributed by atoms with Gasteiger partial charge in [-0.2, -0.15) is 13.2 Å². The minimum absolute atomic E-state index is 0.00837. The normalized spacial score (nSPS) is 11.2. The van der Waals surface area contributed by atoms with Gasteiger partial charge in [0.2, 0.25) is 0 Å². The zero-order valence-electron chi connectivity index (χ0n) is 20.1. The number of aliphatic carboxylic acids is 1. The number of alkyl halides is 3. The van der Waals surface area contributed by atoms with Crippen LogP contribution in [0.5, 0.6) is 34.5 Å². The van der Waals surface area contributed by atoms with E-state index in [1.54, 1.807) is 48.5 Å². The van der Waals surface area contributed by atoms with Gasteiger partial charge >= 0.3 is 12.1 Å². The number of halogens is 4. The Hall–Kier alpha value is -4.53. The van der Waals surface area contributed by atoms with Crippen LogP contribution in [0.1, 0.15) is 23.1 Å². The van der Waals surface area contributed by atoms with Crippen LogP contribution in [0.15, 0.2) is 84.9 Å². The maximum Gasteiger partial charge on any atom is 0.416 e. The molecule has 0 aliphatic rings. The summed E-state index contributed by atoms with van der Waals surface area (Å²) < 4.78 is 71.5. The third kappa shape index (κ3) is 7.03. The Labute approximate surface area is 215 Å². The molecular formula is C29H22F4O5. The number of carbonyl (C=O) groups is 1. The summed E-state index contributed by atoms with van der Waals surface area (Å²) in [6.45, 7) is 1.81. The summed E-state index contributed by atoms with van der Waals surface area (Å²) in [6.07, 6.45) is -4.25. The van der Waals surface area contributed by atoms with E-state index in [1.165, 1.54) is 6.07 Å². The quantitative estimate of drug-likeness (QED) is 0.221. The van der Waals surface area contributed by atoms with Gasteiger partial charge in [0.1, 0.15) is 28.8 Å². The highest BCUT2D eigenvalue weighted by molar-refractivity contribution is 5.67. The molecule has 0 heterocycles. The van der Waals surface area contributed by atoms with Crippen molar-refractivity contribution in [3.8, 4) is 34.5 Å². The first-order valence-corrected chi connectivity index (χ1v) is 11.5. The van der Waals surface area contributed by atoms with Crippen molar-refractivity contribution in [2.75, 3.05) is 0 Å². The van der Waals surface area contributed by atoms with Gasteiger partial charge in [-0.3, -0.25) is 4.79 Å². The number of aryl methyl sites for hydroxylation is 2. The lowest BCUT2D eigenvalue weighted by Crippen LogP contribution is -2.05. The molecule has 38 heavy (non-hydrogen) atoms. The van der Waals surface area contributed by atoms with Crippen LogP contribution in [0.3, 0.4) is 0 Å². The highest BCUT2D eigenvalue weighted by atomic mass is 19.4. The van der Waals surface area contributed by atoms with E-state index in [0.29, 0.717) is 17.9 Å². The first-order valence-electron chi connectivity index (χ1n) is 11.5. The maximum absolute atomic E-state index is 14.4. The third-order valence-electron chi connectivity index (χ3n) is 5.47. The van der Waals surface area contributed by atoms with Crippen molar-refractivity contribution in [1.29, 1.82) is 0 Å². The highest BCUT2D eigenvalue weighted by Gasteiger charge is 2.31. The second-order valence-electron chi connectivity index (χ2n) is 8.38. The zero-order valence-corrected chi connectivity index (χ0v) is 20.1. The van der Waals surface area contributed by atoms with Crippen LogP contribution in [0.25, 0.3) is 0 Å². The Balaban J connectivity index is 1.59. The van der Waals surface area contributed by atoms with Gasteiger partial charge in [0.15, 0.2) is 11.5 Å². The fourth-order valence-electron chi connectivity index (χ4n) is 3.64. The lowest BCUT2D eigenvalue weighted by atomic mass is 10.0. The van der Waals surface area contributed by atoms with Crippen molar-refractivity contribution in [1.82, 2.24) is 0 Å². The summed E-state index contributed by atoms with van der Waals surface area (Å²) in [6, 6.07) is 19.6. The molecule has 0 unspecified atom stereocenters. The van der Waals surface area contributed by atoms with Gasteiger partial charge in [-0.25, -0.2) is 4.39 Å². The Morgan fingerprint density at radius 3 is 2.11 bits per heavy atom. The largest absolute Gasteiger partial charge is 0.481 e. The van der Waals surface area contributed by atoms with Crippen LogP contribution in [-0.4, -0.2) is 11.1 Å². The number of hydrogen-bond donors (Lipinski definition) is 1. The predicted octanol–water partition coefficient (Wildman–Crippen LogP) is 8.55. The second-order valence-corrected chi connectivity index (χ2v) is 8.38. The van der Waals surface area contributed by atoms with Gasteiger partial charge in [-0.15, -0.1) is 0 Å². The summed E-state index contributed by atoms with van der Waals surface area (Å²) >= 11 is 0. The topological polar surface area (TPSA) is 65.0 Å². The maximum atomic E-state index is 14.4. The molecule has 5 nitrogen and oxygen atoms in total. The molecule has 0 amide bonds. The van der Waals surface area contributed by atoms with E-state index < -0.39 is 23.5 Å². The first kappa shape index (κ1) is 26.5. The predicted molar refractivity (Wildman–Crippen MR) is 132 cm³/mol. The lowest BCUT2D eigenvalue weighted by molar-refractivity contribution is -0.138. The number of benzene rings is 4. The number of carboxylic acids is 1. The van der Waals surface area contributed by atoms with Crippen molar-refractivity contribution in [2.24, 2.45) is 0 Å². The summed E-state index contributed by atoms with van der Waals surface area (Å²) in [5, 5.41) is 8.88. The van der Waals surface area contributed by atoms with Crippen molar-refractivity contribution in [3.63, 3.8) is 0 Å². The van der Waals surface area contributed by atoms with E-state index in [1.807, 2.05) is 6.92 Å². The van der Waals surface area contributed by atoms with Crippen molar-refractivity contribution in [3.05, 3.63) is 107 Å². The first-order chi connectivity index (χ1) is 18.1. The van der Waals surface area contributed by atoms with Crippen molar-refractivity contribution in [2.45, 2.75) is 25.9 Å². The smallest absolute Gasteiger partial charge is 0.416 e. The Morgan fingerprint density at radius 1 is 0.763 bits per heavy atom. The van der Waals surface area contributed by atoms with E-state index in [9.17, 15) is 22.4 Å². The minimum Gasteiger partial charge on any atom is -0.481 e. The van der Waals surface area contributed by atoms with Crippen molar-refractivity contribution < 1.29 is 41.7 Å². The average Bonchev–Trinajstić information content (AvgIpc) is 2.84. The number of carboxylic acid groups (broad SMARTS) is 1. The molecule has 196 valence electrons. The van der Waals surface area contributed by atoms with Gasteiger partial charge in [0.25, 0.3) is 0 Å². The molecule has 1 N–H and O–H groups in total. The molecule has 0 spiro atoms. The zero-order chi connectivity index (χ0) is 27.3. The van der Waals surface area contributed by atoms with Crippen LogP contribution in [0, 0.1) is 12.7 Å². The SMILES string of the molecule is Cc1cc(Oc2cc(F)cc(Oc3ccc(C(F)(F)F)cc3Oc3ccccc3)c2)ccc1CCC(=O)O. The molecule has 4 aromatic rings. The molecule has 9 heteroatoms. The van der Waals surface area contributed by atoms with Crippen LogP contribution >= 0.6 is 0 Å². The summed E-state index contributed by atoms with van der Waals surface area (Å²) in [4.78, 5) is 10.8. The minimum atomic E-state index is -4.60. The molecule has 0 aliphatic heterocycles. The monoisotopic (exact) mass is 526 g/mol. The lowest BCUT2D eigenvalue weighted by Gasteiger charge is -2.16. The van der Waals surface area contributed by atoms with Crippen molar-refractivity contribution >= 4 is 5.97 Å². The number of ether oxygens (including phenoxy) is 3. The Bertz CT molecular complexity index is 1440. The standard InChI is InChI=1S/C29H22F4O5/c1-18-13-23(10-7-19(18)8-12-28(34)35)36-24-15-21(30)16-25(17-24)38-26-11-9-20(29(31,32)33)14-27(26)37-22-5-3-2-4-6-22/h2-7,9-11,13-17H,8,12H2,1H3,(H,34,35). The molecule has 0 aromatic heterocycles. The molecule has 4 rings (SSSR count). The molecular weight excluding hydrogens is 504 g/mol. The summed E-state index contributed by atoms with van der Waals surface area (Å²) in [7, 11) is 0. The van der Waals surface area contributed by atoms with Gasteiger partial charge in [-0.05, 0) is 66.9 Å². The van der Waals surface area contributed by atoms with E-state index in [4.69, 9.17) is 19.3 Å². The second kappa shape index (κ2) is 11.2. The number of hydrogen-bond acceptors (Lipinski definition) is 4. The average molecular weight is 526 g/mol. The fraction of sp³-hybridized carbons (Fsp3) is 0.138. The molecule has 0 saturated heterocycles. The fourth-order valence-corrected chi connectivity index (χ4v) is 3.64. The highest BCUT2D eigenvalue weighted by Crippen LogP contribution is 2.41. The molecule has 0 saturated carbocycles. The summed E-state index contributed by atoms with van der Waals surface area (Å²) in [5.41, 5.74) is 0.724. The molecule has 0 fully saturated rings. The summed E-state index contributed by atoms with van der Waals surface area (Å²) in [5.74, 6) is -1.10. The molecule has 0 bridgehead atoms. The molecule has 4 aromatic carbocycles. The molecule has 0 radical (unpaired) electrons. The van der Waals surface area contributed by atoms with Crippen LogP contribution in [-0.2, 0) is 17.4 Å². The van der Waals surface area contributed by atoms with E-state index >= 15 is 0 Å². The van der Waals surface area contributed by atoms with Crippen LogP contribution in [0.4, 0.5) is 17.6 Å². The molecule has 0 aliphatic carbocycles. The molecule has 0 atom stereocenters. The Kier molecular flexibility index (Phi) is 7.85. The third-order valence-corrected chi connectivity index (χ3v) is 5.47. The van der Waals surface area contributed by atoms with E-state index in [-0.39, 0.29) is 29.4 Å². The van der Waals surface area contributed by atoms with Crippen LogP contribution in [0.2, 0.25) is 0 Å². The van der Waals surface area contributed by atoms with Gasteiger partial charge < -0.3 is 19.3 Å². The van der Waals surface area contributed by atoms with Gasteiger partial charge in [-0.1, -0.05) is 24.3 Å². The number of para-hydroxylation sites is 1. The van der Waals surface area contributed by atoms with Gasteiger partial charge in [0, 0.05) is 24.6 Å². The number of rotatable bonds is 9. The van der Waals surface area contributed by atoms with E-state index in [2.05, 4.69) is 0 Å². The van der Waals surface area contributed by atoms with E-state index in [0.717, 1.165) is 41.5 Å². The van der Waals surface area contributed by atoms with Crippen LogP contribution < -0.4 is 14.2 Å². The Morgan fingerprint density at radius 2 is 1.45 bits per heavy atom.